The van der Waals surface area contributed by atoms with Crippen molar-refractivity contribution in [1.82, 2.24) is 4.73 Å². The van der Waals surface area contributed by atoms with Gasteiger partial charge in [0.15, 0.2) is 5.78 Å². The van der Waals surface area contributed by atoms with Gasteiger partial charge in [0.2, 0.25) is 0 Å². The Morgan fingerprint density at radius 3 is 2.65 bits per heavy atom. The number of pyridine rings is 1. The van der Waals surface area contributed by atoms with E-state index in [0.29, 0.717) is 5.39 Å². The first-order valence-electron chi connectivity index (χ1n) is 5.54. The fourth-order valence-electron chi connectivity index (χ4n) is 1.79. The van der Waals surface area contributed by atoms with E-state index in [1.54, 1.807) is 0 Å². The zero-order valence-electron chi connectivity index (χ0n) is 10.4. The number of carbonyl (C=O) groups is 2. The van der Waals surface area contributed by atoms with E-state index in [9.17, 15) is 19.6 Å². The van der Waals surface area contributed by atoms with Crippen LogP contribution in [0.5, 0.6) is 0 Å². The van der Waals surface area contributed by atoms with Crippen LogP contribution in [0.15, 0.2) is 29.1 Å². The smallest absolute Gasteiger partial charge is 0.337 e. The van der Waals surface area contributed by atoms with Crippen LogP contribution in [0.25, 0.3) is 10.9 Å². The first kappa shape index (κ1) is 14.3. The van der Waals surface area contributed by atoms with E-state index in [1.807, 2.05) is 0 Å². The maximum atomic E-state index is 11.9. The first-order valence-corrected chi connectivity index (χ1v) is 6.66. The lowest BCUT2D eigenvalue weighted by Crippen LogP contribution is -2.24. The second-order valence-electron chi connectivity index (χ2n) is 3.98. The standard InChI is InChI=1S/C13H9BrNO5/c1-20-13(18)8-3-2-7-4-9(11(16)6-14)12(17)15(19)10(7)5-8/h2-5H,6H2,1H3/q-1. The van der Waals surface area contributed by atoms with E-state index < -0.39 is 17.3 Å². The predicted molar refractivity (Wildman–Crippen MR) is 76.4 cm³/mol. The van der Waals surface area contributed by atoms with Gasteiger partial charge in [-0.2, -0.15) is 0 Å². The summed E-state index contributed by atoms with van der Waals surface area (Å²) in [6.07, 6.45) is 0. The number of ketones is 1. The largest absolute Gasteiger partial charge is 0.803 e. The summed E-state index contributed by atoms with van der Waals surface area (Å²) in [6, 6.07) is 5.55. The SMILES string of the molecule is COC(=O)c1ccc2cc(C(=O)CBr)c(=O)n([O-])c2c1. The molecule has 0 aliphatic carbocycles. The minimum atomic E-state index is -0.941. The molecule has 20 heavy (non-hydrogen) atoms. The van der Waals surface area contributed by atoms with E-state index in [0.717, 1.165) is 0 Å². The van der Waals surface area contributed by atoms with Crippen molar-refractivity contribution >= 4 is 38.6 Å². The molecule has 0 aliphatic heterocycles. The van der Waals surface area contributed by atoms with Crippen LogP contribution in [0.2, 0.25) is 0 Å². The van der Waals surface area contributed by atoms with Crippen molar-refractivity contribution < 1.29 is 14.3 Å². The molecular formula is C13H9BrNO5-. The Bertz CT molecular complexity index is 765. The molecule has 0 N–H and O–H groups in total. The third-order valence-electron chi connectivity index (χ3n) is 2.81. The highest BCUT2D eigenvalue weighted by Gasteiger charge is 2.13. The van der Waals surface area contributed by atoms with Crippen molar-refractivity contribution in [3.05, 3.63) is 51.0 Å². The molecule has 0 bridgehead atoms. The average molecular weight is 339 g/mol. The number of aromatic nitrogens is 1. The molecule has 104 valence electrons. The molecule has 1 aromatic carbocycles. The maximum absolute atomic E-state index is 11.9. The topological polar surface area (TPSA) is 88.4 Å². The maximum Gasteiger partial charge on any atom is 0.337 e. The summed E-state index contributed by atoms with van der Waals surface area (Å²) in [5.74, 6) is -1.08. The number of carbonyl (C=O) groups excluding carboxylic acids is 2. The lowest BCUT2D eigenvalue weighted by Gasteiger charge is -2.15. The Morgan fingerprint density at radius 2 is 2.05 bits per heavy atom. The predicted octanol–water partition coefficient (Wildman–Crippen LogP) is 1.71. The van der Waals surface area contributed by atoms with E-state index in [-0.39, 0.29) is 26.7 Å². The van der Waals surface area contributed by atoms with Crippen molar-refractivity contribution in [3.63, 3.8) is 0 Å². The highest BCUT2D eigenvalue weighted by Crippen LogP contribution is 2.16. The van der Waals surface area contributed by atoms with Crippen molar-refractivity contribution in [2.45, 2.75) is 0 Å². The molecule has 0 radical (unpaired) electrons. The molecule has 0 amide bonds. The zero-order valence-corrected chi connectivity index (χ0v) is 12.0. The van der Waals surface area contributed by atoms with Gasteiger partial charge in [-0.25, -0.2) is 4.79 Å². The molecule has 1 aromatic heterocycles. The van der Waals surface area contributed by atoms with Crippen molar-refractivity contribution in [2.24, 2.45) is 0 Å². The number of nitrogens with zero attached hydrogens (tertiary/aromatic N) is 1. The molecule has 0 fully saturated rings. The van der Waals surface area contributed by atoms with Gasteiger partial charge in [-0.15, -0.1) is 0 Å². The van der Waals surface area contributed by atoms with Crippen LogP contribution < -0.4 is 5.56 Å². The number of methoxy groups -OCH3 is 1. The highest BCUT2D eigenvalue weighted by molar-refractivity contribution is 9.09. The Labute approximate surface area is 121 Å². The molecule has 6 nitrogen and oxygen atoms in total. The van der Waals surface area contributed by atoms with Gasteiger partial charge in [0.25, 0.3) is 5.56 Å². The summed E-state index contributed by atoms with van der Waals surface area (Å²) < 4.78 is 4.65. The Morgan fingerprint density at radius 1 is 1.35 bits per heavy atom. The van der Waals surface area contributed by atoms with Crippen LogP contribution in [-0.2, 0) is 4.74 Å². The van der Waals surface area contributed by atoms with Gasteiger partial charge in [0.05, 0.1) is 23.6 Å². The van der Waals surface area contributed by atoms with Crippen LogP contribution in [0.1, 0.15) is 20.7 Å². The molecule has 0 saturated heterocycles. The third-order valence-corrected chi connectivity index (χ3v) is 3.32. The quantitative estimate of drug-likeness (QED) is 0.483. The zero-order chi connectivity index (χ0) is 14.9. The van der Waals surface area contributed by atoms with Gasteiger partial charge in [-0.05, 0) is 23.6 Å². The van der Waals surface area contributed by atoms with Gasteiger partial charge in [0.1, 0.15) is 0 Å². The van der Waals surface area contributed by atoms with E-state index >= 15 is 0 Å². The molecule has 0 aliphatic rings. The highest BCUT2D eigenvalue weighted by atomic mass is 79.9. The fraction of sp³-hybridized carbons (Fsp3) is 0.154. The average Bonchev–Trinajstić information content (AvgIpc) is 2.48. The van der Waals surface area contributed by atoms with Gasteiger partial charge in [0, 0.05) is 5.52 Å². The lowest BCUT2D eigenvalue weighted by atomic mass is 10.1. The number of hydrogen-bond acceptors (Lipinski definition) is 5. The Hall–Kier alpha value is -2.15. The van der Waals surface area contributed by atoms with E-state index in [4.69, 9.17) is 0 Å². The summed E-state index contributed by atoms with van der Waals surface area (Å²) in [6.45, 7) is 0. The van der Waals surface area contributed by atoms with E-state index in [2.05, 4.69) is 20.7 Å². The number of rotatable bonds is 3. The molecule has 0 spiro atoms. The fourth-order valence-corrected chi connectivity index (χ4v) is 2.10. The Balaban J connectivity index is 2.74. The monoisotopic (exact) mass is 338 g/mol. The molecular weight excluding hydrogens is 330 g/mol. The normalized spacial score (nSPS) is 10.5. The molecule has 0 saturated carbocycles. The number of halogens is 1. The van der Waals surface area contributed by atoms with Crippen molar-refractivity contribution in [1.29, 1.82) is 0 Å². The van der Waals surface area contributed by atoms with Gasteiger partial charge < -0.3 is 14.7 Å². The molecule has 7 heteroatoms. The van der Waals surface area contributed by atoms with Crippen LogP contribution in [-0.4, -0.2) is 28.9 Å². The number of fused-ring (bicyclic) bond motifs is 1. The summed E-state index contributed by atoms with van der Waals surface area (Å²) in [7, 11) is 1.22. The second-order valence-corrected chi connectivity index (χ2v) is 4.54. The number of benzene rings is 1. The summed E-state index contributed by atoms with van der Waals surface area (Å²) in [4.78, 5) is 34.8. The van der Waals surface area contributed by atoms with Crippen LogP contribution in [0.4, 0.5) is 0 Å². The van der Waals surface area contributed by atoms with Crippen LogP contribution in [0, 0.1) is 5.21 Å². The van der Waals surface area contributed by atoms with Crippen molar-refractivity contribution in [2.75, 3.05) is 12.4 Å². The van der Waals surface area contributed by atoms with Gasteiger partial charge in [-0.3, -0.25) is 9.59 Å². The summed E-state index contributed by atoms with van der Waals surface area (Å²) in [5, 5.41) is 12.3. The van der Waals surface area contributed by atoms with Crippen LogP contribution in [0.3, 0.4) is 0 Å². The third kappa shape index (κ3) is 2.32. The summed E-state index contributed by atoms with van der Waals surface area (Å²) >= 11 is 2.95. The minimum absolute atomic E-state index is 0.0176. The molecule has 0 unspecified atom stereocenters. The van der Waals surface area contributed by atoms with E-state index in [1.165, 1.54) is 31.4 Å². The number of alkyl halides is 1. The molecule has 0 atom stereocenters. The second kappa shape index (κ2) is 5.46. The van der Waals surface area contributed by atoms with Crippen LogP contribution >= 0.6 is 15.9 Å². The number of Topliss-reactive ketones (excluding diaryl/α,β-unsaturated/α-hetero) is 1. The number of ether oxygens (including phenoxy) is 1. The Kier molecular flexibility index (Phi) is 3.89. The minimum Gasteiger partial charge on any atom is -0.803 e. The summed E-state index contributed by atoms with van der Waals surface area (Å²) in [5.41, 5.74) is -0.952. The lowest BCUT2D eigenvalue weighted by molar-refractivity contribution is 0.0600. The molecule has 2 aromatic rings. The van der Waals surface area contributed by atoms with Gasteiger partial charge in [-0.1, -0.05) is 22.0 Å². The first-order chi connectivity index (χ1) is 9.49. The number of hydrogen-bond donors (Lipinski definition) is 0. The number of esters is 1. The van der Waals surface area contributed by atoms with Crippen molar-refractivity contribution in [3.8, 4) is 0 Å². The van der Waals surface area contributed by atoms with Gasteiger partial charge >= 0.3 is 5.97 Å². The molecule has 2 rings (SSSR count). The molecule has 1 heterocycles.